The van der Waals surface area contributed by atoms with Crippen LogP contribution in [0.5, 0.6) is 0 Å². The van der Waals surface area contributed by atoms with E-state index in [1.807, 2.05) is 53.8 Å². The minimum absolute atomic E-state index is 0.0158. The molecule has 2 amide bonds. The number of ether oxygens (including phenoxy) is 1. The summed E-state index contributed by atoms with van der Waals surface area (Å²) in [6, 6.07) is 12.0. The average molecular weight is 478 g/mol. The van der Waals surface area contributed by atoms with Crippen LogP contribution in [0.25, 0.3) is 11.1 Å². The van der Waals surface area contributed by atoms with Gasteiger partial charge in [-0.15, -0.1) is 0 Å². The van der Waals surface area contributed by atoms with E-state index in [0.717, 1.165) is 22.3 Å². The molecule has 0 aromatic heterocycles. The molecule has 0 fully saturated rings. The van der Waals surface area contributed by atoms with Gasteiger partial charge in [-0.2, -0.15) is 13.2 Å². The quantitative estimate of drug-likeness (QED) is 0.531. The second kappa shape index (κ2) is 10.1. The first kappa shape index (κ1) is 25.1. The van der Waals surface area contributed by atoms with Crippen LogP contribution in [-0.2, 0) is 14.3 Å². The number of carboxylic acids is 1. The molecule has 2 aromatic rings. The highest BCUT2D eigenvalue weighted by Crippen LogP contribution is 2.44. The van der Waals surface area contributed by atoms with Crippen molar-refractivity contribution < 1.29 is 37.4 Å². The smallest absolute Gasteiger partial charge is 0.407 e. The second-order valence-corrected chi connectivity index (χ2v) is 8.41. The molecule has 0 spiro atoms. The molecule has 7 nitrogen and oxygen atoms in total. The number of alkyl halides is 3. The molecule has 0 radical (unpaired) electrons. The van der Waals surface area contributed by atoms with Gasteiger partial charge in [-0.05, 0) is 28.2 Å². The van der Waals surface area contributed by atoms with Crippen LogP contribution in [0.3, 0.4) is 0 Å². The zero-order valence-corrected chi connectivity index (χ0v) is 18.6. The van der Waals surface area contributed by atoms with E-state index in [2.05, 4.69) is 5.32 Å². The van der Waals surface area contributed by atoms with Crippen LogP contribution in [0.15, 0.2) is 48.5 Å². The number of hydrogen-bond acceptors (Lipinski definition) is 4. The number of fused-ring (bicyclic) bond motifs is 3. The topological polar surface area (TPSA) is 105 Å². The molecule has 1 unspecified atom stereocenters. The summed E-state index contributed by atoms with van der Waals surface area (Å²) in [5, 5.41) is 13.2. The van der Waals surface area contributed by atoms with Gasteiger partial charge in [-0.1, -0.05) is 62.4 Å². The number of carboxylic acid groups (broad SMARTS) is 1. The average Bonchev–Trinajstić information content (AvgIpc) is 3.08. The third kappa shape index (κ3) is 5.86. The zero-order valence-electron chi connectivity index (χ0n) is 18.6. The summed E-state index contributed by atoms with van der Waals surface area (Å²) in [5.74, 6) is -3.62. The SMILES string of the molecule is CC(C)[C@H](NC(=O)OCC1c2ccccc2-c2ccccc21)C(=O)NC(CC(F)(F)F)C(=O)O. The fourth-order valence-electron chi connectivity index (χ4n) is 4.00. The Morgan fingerprint density at radius 2 is 1.50 bits per heavy atom. The number of rotatable bonds is 8. The van der Waals surface area contributed by atoms with E-state index in [1.165, 1.54) is 0 Å². The molecule has 0 saturated carbocycles. The number of alkyl carbamates (subject to hydrolysis) is 1. The molecule has 1 aliphatic rings. The fraction of sp³-hybridized carbons (Fsp3) is 0.375. The van der Waals surface area contributed by atoms with Crippen molar-refractivity contribution in [1.82, 2.24) is 10.6 Å². The number of halogens is 3. The Morgan fingerprint density at radius 3 is 1.97 bits per heavy atom. The van der Waals surface area contributed by atoms with Crippen LogP contribution in [-0.4, -0.2) is 47.9 Å². The lowest BCUT2D eigenvalue weighted by atomic mass is 9.98. The molecule has 0 heterocycles. The zero-order chi connectivity index (χ0) is 25.0. The summed E-state index contributed by atoms with van der Waals surface area (Å²) in [6.07, 6.45) is -7.45. The van der Waals surface area contributed by atoms with Gasteiger partial charge in [0.15, 0.2) is 0 Å². The minimum Gasteiger partial charge on any atom is -0.480 e. The van der Waals surface area contributed by atoms with E-state index in [-0.39, 0.29) is 12.5 Å². The van der Waals surface area contributed by atoms with Gasteiger partial charge in [0.25, 0.3) is 0 Å². The Kier molecular flexibility index (Phi) is 7.48. The molecule has 0 aliphatic heterocycles. The third-order valence-electron chi connectivity index (χ3n) is 5.62. The minimum atomic E-state index is -4.79. The molecule has 2 atom stereocenters. The van der Waals surface area contributed by atoms with E-state index in [4.69, 9.17) is 9.84 Å². The van der Waals surface area contributed by atoms with E-state index >= 15 is 0 Å². The number of aliphatic carboxylic acids is 1. The van der Waals surface area contributed by atoms with Gasteiger partial charge in [0.1, 0.15) is 18.7 Å². The highest BCUT2D eigenvalue weighted by atomic mass is 19.4. The van der Waals surface area contributed by atoms with Crippen molar-refractivity contribution in [2.45, 2.75) is 44.4 Å². The molecule has 3 rings (SSSR count). The summed E-state index contributed by atoms with van der Waals surface area (Å²) < 4.78 is 43.3. The van der Waals surface area contributed by atoms with Crippen LogP contribution in [0.1, 0.15) is 37.3 Å². The maximum absolute atomic E-state index is 12.6. The van der Waals surface area contributed by atoms with Gasteiger partial charge in [-0.3, -0.25) is 4.79 Å². The van der Waals surface area contributed by atoms with Crippen molar-refractivity contribution in [3.05, 3.63) is 59.7 Å². The molecular weight excluding hydrogens is 453 g/mol. The lowest BCUT2D eigenvalue weighted by Crippen LogP contribution is -2.54. The molecule has 2 aromatic carbocycles. The van der Waals surface area contributed by atoms with Gasteiger partial charge in [0.05, 0.1) is 6.42 Å². The number of nitrogens with one attached hydrogen (secondary N) is 2. The Hall–Kier alpha value is -3.56. The summed E-state index contributed by atoms with van der Waals surface area (Å²) in [6.45, 7) is 3.11. The third-order valence-corrected chi connectivity index (χ3v) is 5.62. The Bertz CT molecular complexity index is 1030. The Balaban J connectivity index is 1.66. The molecule has 182 valence electrons. The van der Waals surface area contributed by atoms with Gasteiger partial charge in [-0.25, -0.2) is 9.59 Å². The first-order valence-corrected chi connectivity index (χ1v) is 10.7. The number of hydrogen-bond donors (Lipinski definition) is 3. The monoisotopic (exact) mass is 478 g/mol. The summed E-state index contributed by atoms with van der Waals surface area (Å²) in [4.78, 5) is 36.1. The van der Waals surface area contributed by atoms with Gasteiger partial charge in [0, 0.05) is 5.92 Å². The van der Waals surface area contributed by atoms with Gasteiger partial charge >= 0.3 is 18.2 Å². The lowest BCUT2D eigenvalue weighted by molar-refractivity contribution is -0.160. The van der Waals surface area contributed by atoms with Crippen molar-refractivity contribution >= 4 is 18.0 Å². The Labute approximate surface area is 194 Å². The lowest BCUT2D eigenvalue weighted by Gasteiger charge is -2.24. The van der Waals surface area contributed by atoms with Crippen LogP contribution in [0.4, 0.5) is 18.0 Å². The molecule has 10 heteroatoms. The number of benzene rings is 2. The van der Waals surface area contributed by atoms with E-state index in [0.29, 0.717) is 0 Å². The number of carbonyl (C=O) groups is 3. The van der Waals surface area contributed by atoms with Crippen LogP contribution in [0, 0.1) is 5.92 Å². The standard InChI is InChI=1S/C24H25F3N2O5/c1-13(2)20(21(30)28-19(22(31)32)11-24(25,26)27)29-23(33)34-12-18-16-9-5-3-7-14(16)15-8-4-6-10-17(15)18/h3-10,13,18-20H,11-12H2,1-2H3,(H,28,30)(H,29,33)(H,31,32)/t19?,20-/m0/s1. The predicted octanol–water partition coefficient (Wildman–Crippen LogP) is 4.07. The van der Waals surface area contributed by atoms with E-state index in [1.54, 1.807) is 13.8 Å². The largest absolute Gasteiger partial charge is 0.480 e. The molecule has 3 N–H and O–H groups in total. The summed E-state index contributed by atoms with van der Waals surface area (Å²) >= 11 is 0. The fourth-order valence-corrected chi connectivity index (χ4v) is 4.00. The number of carbonyl (C=O) groups excluding carboxylic acids is 2. The first-order valence-electron chi connectivity index (χ1n) is 10.7. The van der Waals surface area contributed by atoms with Crippen LogP contribution >= 0.6 is 0 Å². The molecule has 34 heavy (non-hydrogen) atoms. The molecular formula is C24H25F3N2O5. The van der Waals surface area contributed by atoms with Crippen molar-refractivity contribution in [2.75, 3.05) is 6.61 Å². The van der Waals surface area contributed by atoms with Crippen LogP contribution < -0.4 is 10.6 Å². The van der Waals surface area contributed by atoms with E-state index in [9.17, 15) is 27.6 Å². The first-order chi connectivity index (χ1) is 16.0. The summed E-state index contributed by atoms with van der Waals surface area (Å²) in [5.41, 5.74) is 4.06. The van der Waals surface area contributed by atoms with Gasteiger partial charge < -0.3 is 20.5 Å². The van der Waals surface area contributed by atoms with Crippen LogP contribution in [0.2, 0.25) is 0 Å². The highest BCUT2D eigenvalue weighted by molar-refractivity contribution is 5.89. The van der Waals surface area contributed by atoms with Crippen molar-refractivity contribution in [3.8, 4) is 11.1 Å². The maximum atomic E-state index is 12.6. The normalized spacial score (nSPS) is 14.6. The second-order valence-electron chi connectivity index (χ2n) is 8.41. The molecule has 1 aliphatic carbocycles. The van der Waals surface area contributed by atoms with Crippen molar-refractivity contribution in [3.63, 3.8) is 0 Å². The van der Waals surface area contributed by atoms with E-state index < -0.39 is 48.6 Å². The highest BCUT2D eigenvalue weighted by Gasteiger charge is 2.38. The molecule has 0 saturated heterocycles. The van der Waals surface area contributed by atoms with Gasteiger partial charge in [0.2, 0.25) is 5.91 Å². The maximum Gasteiger partial charge on any atom is 0.407 e. The predicted molar refractivity (Wildman–Crippen MR) is 117 cm³/mol. The molecule has 0 bridgehead atoms. The van der Waals surface area contributed by atoms with Crippen molar-refractivity contribution in [2.24, 2.45) is 5.92 Å². The number of amides is 2. The summed E-state index contributed by atoms with van der Waals surface area (Å²) in [7, 11) is 0. The van der Waals surface area contributed by atoms with Crippen molar-refractivity contribution in [1.29, 1.82) is 0 Å². The Morgan fingerprint density at radius 1 is 0.971 bits per heavy atom.